The number of aryl methyl sites for hydroxylation is 2. The van der Waals surface area contributed by atoms with Crippen molar-refractivity contribution in [3.05, 3.63) is 47.7 Å². The zero-order chi connectivity index (χ0) is 16.1. The van der Waals surface area contributed by atoms with Gasteiger partial charge in [0.1, 0.15) is 5.69 Å². The van der Waals surface area contributed by atoms with Gasteiger partial charge in [-0.05, 0) is 44.0 Å². The van der Waals surface area contributed by atoms with Gasteiger partial charge in [-0.2, -0.15) is 0 Å². The molecule has 1 amide bonds. The van der Waals surface area contributed by atoms with E-state index in [1.54, 1.807) is 24.3 Å². The van der Waals surface area contributed by atoms with E-state index in [9.17, 15) is 9.90 Å². The first-order chi connectivity index (χ1) is 10.6. The van der Waals surface area contributed by atoms with E-state index in [2.05, 4.69) is 4.98 Å². The first-order valence-electron chi connectivity index (χ1n) is 7.29. The fourth-order valence-corrected chi connectivity index (χ4v) is 2.30. The monoisotopic (exact) mass is 300 g/mol. The molecule has 0 saturated carbocycles. The lowest BCUT2D eigenvalue weighted by molar-refractivity contribution is 0.204. The number of benzene rings is 1. The van der Waals surface area contributed by atoms with E-state index >= 15 is 0 Å². The Labute approximate surface area is 130 Å². The van der Waals surface area contributed by atoms with Crippen molar-refractivity contribution >= 4 is 17.5 Å². The molecule has 22 heavy (non-hydrogen) atoms. The highest BCUT2D eigenvalue weighted by Gasteiger charge is 2.23. The average molecular weight is 300 g/mol. The van der Waals surface area contributed by atoms with Gasteiger partial charge in [-0.1, -0.05) is 25.1 Å². The molecule has 0 radical (unpaired) electrons. The summed E-state index contributed by atoms with van der Waals surface area (Å²) in [6.07, 6.45) is -0.291. The van der Waals surface area contributed by atoms with Gasteiger partial charge in [0.05, 0.1) is 12.3 Å². The Hall–Kier alpha value is -2.56. The summed E-state index contributed by atoms with van der Waals surface area (Å²) in [5.41, 5.74) is 2.86. The minimum absolute atomic E-state index is 0.337. The second kappa shape index (κ2) is 6.93. The molecule has 0 spiro atoms. The number of ether oxygens (including phenoxy) is 1. The third-order valence-electron chi connectivity index (χ3n) is 3.37. The molecule has 0 aliphatic carbocycles. The molecular weight excluding hydrogens is 280 g/mol. The Morgan fingerprint density at radius 1 is 1.27 bits per heavy atom. The number of nitrogens with zero attached hydrogens (tertiary/aromatic N) is 2. The molecule has 2 rings (SSSR count). The van der Waals surface area contributed by atoms with Crippen LogP contribution in [0.5, 0.6) is 5.88 Å². The molecule has 0 bridgehead atoms. The lowest BCUT2D eigenvalue weighted by atomic mass is 10.1. The highest BCUT2D eigenvalue weighted by molar-refractivity contribution is 5.96. The van der Waals surface area contributed by atoms with E-state index in [-0.39, 0.29) is 0 Å². The van der Waals surface area contributed by atoms with Crippen molar-refractivity contribution in [1.82, 2.24) is 4.98 Å². The van der Waals surface area contributed by atoms with Crippen LogP contribution in [0.2, 0.25) is 0 Å². The molecule has 0 unspecified atom stereocenters. The zero-order valence-electron chi connectivity index (χ0n) is 13.0. The van der Waals surface area contributed by atoms with Crippen molar-refractivity contribution in [3.8, 4) is 5.88 Å². The van der Waals surface area contributed by atoms with Crippen LogP contribution in [0.1, 0.15) is 25.1 Å². The van der Waals surface area contributed by atoms with Crippen molar-refractivity contribution in [2.45, 2.75) is 27.2 Å². The summed E-state index contributed by atoms with van der Waals surface area (Å²) >= 11 is 0. The average Bonchev–Trinajstić information content (AvgIpc) is 2.50. The molecule has 0 saturated heterocycles. The van der Waals surface area contributed by atoms with Crippen LogP contribution in [-0.4, -0.2) is 22.8 Å². The molecule has 0 aliphatic heterocycles. The Kier molecular flexibility index (Phi) is 4.99. The molecule has 116 valence electrons. The third kappa shape index (κ3) is 3.19. The normalized spacial score (nSPS) is 10.3. The van der Waals surface area contributed by atoms with Gasteiger partial charge >= 0.3 is 6.09 Å². The highest BCUT2D eigenvalue weighted by Crippen LogP contribution is 2.34. The van der Waals surface area contributed by atoms with E-state index in [0.29, 0.717) is 23.9 Å². The van der Waals surface area contributed by atoms with Crippen LogP contribution >= 0.6 is 0 Å². The fraction of sp³-hybridized carbons (Fsp3) is 0.294. The maximum atomic E-state index is 11.8. The Morgan fingerprint density at radius 2 is 1.95 bits per heavy atom. The summed E-state index contributed by atoms with van der Waals surface area (Å²) in [7, 11) is 0. The van der Waals surface area contributed by atoms with Crippen LogP contribution in [0.3, 0.4) is 0 Å². The van der Waals surface area contributed by atoms with Crippen molar-refractivity contribution in [3.63, 3.8) is 0 Å². The number of carboxylic acid groups (broad SMARTS) is 1. The molecule has 5 heteroatoms. The Balaban J connectivity index is 2.62. The molecule has 0 fully saturated rings. The Bertz CT molecular complexity index is 656. The number of hydrogen-bond donors (Lipinski definition) is 1. The van der Waals surface area contributed by atoms with Gasteiger partial charge in [-0.3, -0.25) is 0 Å². The van der Waals surface area contributed by atoms with Gasteiger partial charge in [0.2, 0.25) is 5.88 Å². The van der Waals surface area contributed by atoms with Crippen LogP contribution in [-0.2, 0) is 6.42 Å². The quantitative estimate of drug-likeness (QED) is 0.900. The molecule has 1 aromatic heterocycles. The van der Waals surface area contributed by atoms with Crippen molar-refractivity contribution in [2.75, 3.05) is 11.5 Å². The smallest absolute Gasteiger partial charge is 0.416 e. The molecule has 2 aromatic rings. The SMILES string of the molecule is CCOc1nc(C)c(CC)cc1N(C(=O)O)c1ccccc1. The number of pyridine rings is 1. The summed E-state index contributed by atoms with van der Waals surface area (Å²) in [4.78, 5) is 17.4. The van der Waals surface area contributed by atoms with Crippen molar-refractivity contribution < 1.29 is 14.6 Å². The predicted octanol–water partition coefficient (Wildman–Crippen LogP) is 4.17. The van der Waals surface area contributed by atoms with E-state index < -0.39 is 6.09 Å². The number of rotatable bonds is 5. The lowest BCUT2D eigenvalue weighted by Crippen LogP contribution is -2.25. The second-order valence-corrected chi connectivity index (χ2v) is 4.80. The molecule has 0 aliphatic rings. The van der Waals surface area contributed by atoms with Crippen molar-refractivity contribution in [1.29, 1.82) is 0 Å². The summed E-state index contributed by atoms with van der Waals surface area (Å²) in [5.74, 6) is 0.337. The van der Waals surface area contributed by atoms with Gasteiger partial charge in [-0.15, -0.1) is 0 Å². The lowest BCUT2D eigenvalue weighted by Gasteiger charge is -2.22. The number of hydrogen-bond acceptors (Lipinski definition) is 3. The molecule has 5 nitrogen and oxygen atoms in total. The van der Waals surface area contributed by atoms with Crippen LogP contribution in [0.15, 0.2) is 36.4 Å². The summed E-state index contributed by atoms with van der Waals surface area (Å²) < 4.78 is 5.55. The Morgan fingerprint density at radius 3 is 2.50 bits per heavy atom. The van der Waals surface area contributed by atoms with Crippen LogP contribution in [0.25, 0.3) is 0 Å². The van der Waals surface area contributed by atoms with Crippen LogP contribution in [0.4, 0.5) is 16.2 Å². The third-order valence-corrected chi connectivity index (χ3v) is 3.37. The van der Waals surface area contributed by atoms with Gasteiger partial charge in [0, 0.05) is 5.69 Å². The van der Waals surface area contributed by atoms with E-state index in [1.165, 1.54) is 4.90 Å². The minimum atomic E-state index is -1.07. The standard InChI is InChI=1S/C17H20N2O3/c1-4-13-11-15(16(22-5-2)18-12(13)3)19(17(20)21)14-9-7-6-8-10-14/h6-11H,4-5H2,1-3H3,(H,20,21). The van der Waals surface area contributed by atoms with Gasteiger partial charge < -0.3 is 9.84 Å². The first-order valence-corrected chi connectivity index (χ1v) is 7.29. The number of anilines is 2. The molecule has 1 aromatic carbocycles. The van der Waals surface area contributed by atoms with Crippen molar-refractivity contribution in [2.24, 2.45) is 0 Å². The van der Waals surface area contributed by atoms with Crippen LogP contribution < -0.4 is 9.64 Å². The molecule has 0 atom stereocenters. The van der Waals surface area contributed by atoms with E-state index in [1.807, 2.05) is 32.9 Å². The number of amides is 1. The van der Waals surface area contributed by atoms with E-state index in [4.69, 9.17) is 4.74 Å². The topological polar surface area (TPSA) is 62.7 Å². The van der Waals surface area contributed by atoms with Gasteiger partial charge in [0.15, 0.2) is 0 Å². The van der Waals surface area contributed by atoms with E-state index in [0.717, 1.165) is 17.7 Å². The highest BCUT2D eigenvalue weighted by atomic mass is 16.5. The maximum Gasteiger partial charge on any atom is 0.416 e. The predicted molar refractivity (Wildman–Crippen MR) is 86.1 cm³/mol. The van der Waals surface area contributed by atoms with Gasteiger partial charge in [0.25, 0.3) is 0 Å². The summed E-state index contributed by atoms with van der Waals surface area (Å²) in [6.45, 7) is 6.19. The molecular formula is C17H20N2O3. The fourth-order valence-electron chi connectivity index (χ4n) is 2.30. The summed E-state index contributed by atoms with van der Waals surface area (Å²) in [6, 6.07) is 10.8. The number of aromatic nitrogens is 1. The van der Waals surface area contributed by atoms with Crippen LogP contribution in [0, 0.1) is 6.92 Å². The van der Waals surface area contributed by atoms with Gasteiger partial charge in [-0.25, -0.2) is 14.7 Å². The molecule has 1 heterocycles. The minimum Gasteiger partial charge on any atom is -0.476 e. The number of carbonyl (C=O) groups is 1. The zero-order valence-corrected chi connectivity index (χ0v) is 13.0. The number of para-hydroxylation sites is 1. The first kappa shape index (κ1) is 15.8. The summed E-state index contributed by atoms with van der Waals surface area (Å²) in [5, 5.41) is 9.65. The molecule has 1 N–H and O–H groups in total. The second-order valence-electron chi connectivity index (χ2n) is 4.80. The largest absolute Gasteiger partial charge is 0.476 e. The maximum absolute atomic E-state index is 11.8.